The number of hydrogen-bond donors (Lipinski definition) is 1. The van der Waals surface area contributed by atoms with Gasteiger partial charge in [0.1, 0.15) is 0 Å². The molecular weight excluding hydrogens is 287 g/mol. The third-order valence-corrected chi connectivity index (χ3v) is 5.03. The molecule has 1 saturated heterocycles. The summed E-state index contributed by atoms with van der Waals surface area (Å²) in [6.45, 7) is 0.966. The molecule has 2 aliphatic rings. The summed E-state index contributed by atoms with van der Waals surface area (Å²) in [5, 5.41) is 3.49. The third kappa shape index (κ3) is 2.23. The molecule has 1 N–H and O–H groups in total. The maximum Gasteiger partial charge on any atom is 0.416 e. The van der Waals surface area contributed by atoms with E-state index in [1.54, 1.807) is 12.1 Å². The second-order valence-electron chi connectivity index (χ2n) is 5.81. The average Bonchev–Trinajstić information content (AvgIpc) is 3.05. The molecule has 0 radical (unpaired) electrons. The second-order valence-corrected chi connectivity index (χ2v) is 6.19. The highest BCUT2D eigenvalue weighted by molar-refractivity contribution is 6.17. The molecule has 0 spiro atoms. The summed E-state index contributed by atoms with van der Waals surface area (Å²) in [6.07, 6.45) is -1.25. The van der Waals surface area contributed by atoms with Gasteiger partial charge in [-0.1, -0.05) is 12.1 Å². The van der Waals surface area contributed by atoms with Crippen molar-refractivity contribution >= 4 is 11.6 Å². The Kier molecular flexibility index (Phi) is 3.49. The lowest BCUT2D eigenvalue weighted by atomic mass is 9.85. The highest BCUT2D eigenvalue weighted by Crippen LogP contribution is 2.60. The van der Waals surface area contributed by atoms with Gasteiger partial charge in [0.05, 0.1) is 5.56 Å². The minimum Gasteiger partial charge on any atom is -0.313 e. The fourth-order valence-electron chi connectivity index (χ4n) is 3.66. The van der Waals surface area contributed by atoms with Crippen LogP contribution in [0.25, 0.3) is 0 Å². The van der Waals surface area contributed by atoms with Gasteiger partial charge >= 0.3 is 6.18 Å². The summed E-state index contributed by atoms with van der Waals surface area (Å²) >= 11 is 5.75. The Hall–Kier alpha value is -0.740. The monoisotopic (exact) mass is 303 g/mol. The lowest BCUT2D eigenvalue weighted by molar-refractivity contribution is -0.137. The van der Waals surface area contributed by atoms with Crippen molar-refractivity contribution in [3.8, 4) is 0 Å². The van der Waals surface area contributed by atoms with Crippen molar-refractivity contribution in [3.63, 3.8) is 0 Å². The average molecular weight is 304 g/mol. The largest absolute Gasteiger partial charge is 0.416 e. The molecule has 1 unspecified atom stereocenters. The zero-order valence-electron chi connectivity index (χ0n) is 11.0. The highest BCUT2D eigenvalue weighted by atomic mass is 35.5. The van der Waals surface area contributed by atoms with E-state index < -0.39 is 11.7 Å². The van der Waals surface area contributed by atoms with Gasteiger partial charge < -0.3 is 5.32 Å². The van der Waals surface area contributed by atoms with Crippen molar-refractivity contribution in [2.24, 2.45) is 5.92 Å². The molecule has 1 aromatic carbocycles. The summed E-state index contributed by atoms with van der Waals surface area (Å²) in [4.78, 5) is 0. The molecule has 1 nitrogen and oxygen atoms in total. The SMILES string of the molecule is FC(F)(F)c1ccc([C@]23CC2CN[C@H]3CCCCl)cc1. The Bertz CT molecular complexity index is 485. The Labute approximate surface area is 121 Å². The number of piperidine rings is 1. The normalized spacial score (nSPS) is 32.2. The molecule has 110 valence electrons. The molecule has 5 heteroatoms. The first-order chi connectivity index (χ1) is 9.48. The number of halogens is 4. The Morgan fingerprint density at radius 3 is 2.50 bits per heavy atom. The Morgan fingerprint density at radius 2 is 1.95 bits per heavy atom. The van der Waals surface area contributed by atoms with Crippen molar-refractivity contribution in [1.29, 1.82) is 0 Å². The van der Waals surface area contributed by atoms with E-state index in [0.29, 0.717) is 17.8 Å². The highest BCUT2D eigenvalue weighted by Gasteiger charge is 2.63. The fourth-order valence-corrected chi connectivity index (χ4v) is 3.82. The number of nitrogens with one attached hydrogen (secondary N) is 1. The standard InChI is InChI=1S/C15H17ClF3N/c16-7-1-2-13-14(8-12(14)9-20-13)10-3-5-11(6-4-10)15(17,18)19/h3-6,12-13,20H,1-2,7-9H2/t12?,13-,14+/m0/s1. The van der Waals surface area contributed by atoms with Gasteiger partial charge in [0.25, 0.3) is 0 Å². The lowest BCUT2D eigenvalue weighted by Gasteiger charge is -2.24. The van der Waals surface area contributed by atoms with Crippen LogP contribution in [0.4, 0.5) is 13.2 Å². The van der Waals surface area contributed by atoms with Crippen molar-refractivity contribution in [2.75, 3.05) is 12.4 Å². The van der Waals surface area contributed by atoms with Crippen LogP contribution in [0.3, 0.4) is 0 Å². The quantitative estimate of drug-likeness (QED) is 0.830. The van der Waals surface area contributed by atoms with Crippen molar-refractivity contribution < 1.29 is 13.2 Å². The molecule has 3 rings (SSSR count). The number of fused-ring (bicyclic) bond motifs is 1. The smallest absolute Gasteiger partial charge is 0.313 e. The van der Waals surface area contributed by atoms with E-state index in [0.717, 1.165) is 31.4 Å². The van der Waals surface area contributed by atoms with Crippen LogP contribution < -0.4 is 5.32 Å². The van der Waals surface area contributed by atoms with E-state index in [1.165, 1.54) is 12.1 Å². The van der Waals surface area contributed by atoms with E-state index >= 15 is 0 Å². The van der Waals surface area contributed by atoms with Gasteiger partial charge in [-0.2, -0.15) is 13.2 Å². The molecule has 20 heavy (non-hydrogen) atoms. The fraction of sp³-hybridized carbons (Fsp3) is 0.600. The van der Waals surface area contributed by atoms with Crippen LogP contribution in [-0.2, 0) is 11.6 Å². The van der Waals surface area contributed by atoms with Gasteiger partial charge in [-0.3, -0.25) is 0 Å². The van der Waals surface area contributed by atoms with Gasteiger partial charge in [-0.15, -0.1) is 11.6 Å². The lowest BCUT2D eigenvalue weighted by Crippen LogP contribution is -2.34. The Morgan fingerprint density at radius 1 is 1.25 bits per heavy atom. The molecule has 0 amide bonds. The summed E-state index contributed by atoms with van der Waals surface area (Å²) in [5.41, 5.74) is 0.522. The van der Waals surface area contributed by atoms with Crippen LogP contribution in [0, 0.1) is 5.92 Å². The molecular formula is C15H17ClF3N. The van der Waals surface area contributed by atoms with E-state index in [2.05, 4.69) is 5.32 Å². The number of rotatable bonds is 4. The van der Waals surface area contributed by atoms with E-state index in [4.69, 9.17) is 11.6 Å². The molecule has 2 fully saturated rings. The van der Waals surface area contributed by atoms with Crippen LogP contribution in [0.2, 0.25) is 0 Å². The van der Waals surface area contributed by atoms with E-state index in [1.807, 2.05) is 0 Å². The zero-order valence-corrected chi connectivity index (χ0v) is 11.8. The van der Waals surface area contributed by atoms with E-state index in [-0.39, 0.29) is 5.41 Å². The summed E-state index contributed by atoms with van der Waals surface area (Å²) < 4.78 is 37.9. The molecule has 1 aromatic rings. The van der Waals surface area contributed by atoms with Crippen LogP contribution in [0.5, 0.6) is 0 Å². The number of benzene rings is 1. The van der Waals surface area contributed by atoms with Gasteiger partial charge in [-0.05, 0) is 49.4 Å². The first-order valence-electron chi connectivity index (χ1n) is 6.95. The third-order valence-electron chi connectivity index (χ3n) is 4.76. The molecule has 1 saturated carbocycles. The first kappa shape index (κ1) is 14.2. The predicted octanol–water partition coefficient (Wildman–Crippen LogP) is 3.95. The van der Waals surface area contributed by atoms with E-state index in [9.17, 15) is 13.2 Å². The van der Waals surface area contributed by atoms with Crippen LogP contribution >= 0.6 is 11.6 Å². The first-order valence-corrected chi connectivity index (χ1v) is 7.49. The number of alkyl halides is 4. The van der Waals surface area contributed by atoms with Crippen LogP contribution in [-0.4, -0.2) is 18.5 Å². The maximum absolute atomic E-state index is 12.6. The summed E-state index contributed by atoms with van der Waals surface area (Å²) in [6, 6.07) is 6.07. The van der Waals surface area contributed by atoms with Gasteiger partial charge in [0.2, 0.25) is 0 Å². The van der Waals surface area contributed by atoms with Crippen molar-refractivity contribution in [2.45, 2.75) is 36.9 Å². The molecule has 0 aromatic heterocycles. The molecule has 1 aliphatic carbocycles. The van der Waals surface area contributed by atoms with Gasteiger partial charge in [0, 0.05) is 17.3 Å². The summed E-state index contributed by atoms with van der Waals surface area (Å²) in [7, 11) is 0. The molecule has 3 atom stereocenters. The van der Waals surface area contributed by atoms with Crippen molar-refractivity contribution in [1.82, 2.24) is 5.32 Å². The summed E-state index contributed by atoms with van der Waals surface area (Å²) in [5.74, 6) is 1.20. The zero-order chi connectivity index (χ0) is 14.4. The van der Waals surface area contributed by atoms with Crippen molar-refractivity contribution in [3.05, 3.63) is 35.4 Å². The second kappa shape index (κ2) is 4.92. The molecule has 0 bridgehead atoms. The van der Waals surface area contributed by atoms with Gasteiger partial charge in [0.15, 0.2) is 0 Å². The minimum atomic E-state index is -4.26. The molecule has 1 aliphatic heterocycles. The molecule has 1 heterocycles. The van der Waals surface area contributed by atoms with Gasteiger partial charge in [-0.25, -0.2) is 0 Å². The van der Waals surface area contributed by atoms with Crippen LogP contribution in [0.15, 0.2) is 24.3 Å². The maximum atomic E-state index is 12.6. The van der Waals surface area contributed by atoms with Crippen LogP contribution in [0.1, 0.15) is 30.4 Å². The minimum absolute atomic E-state index is 0.0518. The predicted molar refractivity (Wildman–Crippen MR) is 73.0 cm³/mol. The Balaban J connectivity index is 1.82. The topological polar surface area (TPSA) is 12.0 Å². The number of hydrogen-bond acceptors (Lipinski definition) is 1.